The van der Waals surface area contributed by atoms with E-state index in [4.69, 9.17) is 0 Å². The topological polar surface area (TPSA) is 6.48 Å². The quantitative estimate of drug-likeness (QED) is 0.150. The second kappa shape index (κ2) is 15.4. The molecule has 9 aromatic rings. The minimum absolute atomic E-state index is 0.477. The van der Waals surface area contributed by atoms with E-state index in [1.165, 1.54) is 111 Å². The second-order valence-electron chi connectivity index (χ2n) is 19.2. The Morgan fingerprint density at radius 2 is 0.956 bits per heavy atom. The third-order valence-corrected chi connectivity index (χ3v) is 14.9. The molecule has 0 radical (unpaired) electrons. The minimum Gasteiger partial charge on any atom is -0.310 e. The SMILES string of the molecule is Cc1ccc(N(C2=CCC34C(=CC=C5C3=C2c2ccc(-c3ccccc3)cc25)c2c(N(c3ccc(C)cc3)c3ccc(C)cc3)ccc3cc(-c5ccccc5)cc4c23)c2ccc(C)cc2)cc1. The smallest absolute Gasteiger partial charge is 0.0543 e. The summed E-state index contributed by atoms with van der Waals surface area (Å²) in [7, 11) is 0. The molecule has 0 saturated carbocycles. The fourth-order valence-corrected chi connectivity index (χ4v) is 11.7. The van der Waals surface area contributed by atoms with E-state index in [1.54, 1.807) is 0 Å². The molecule has 0 aliphatic heterocycles. The zero-order valence-electron chi connectivity index (χ0n) is 38.9. The maximum absolute atomic E-state index is 2.58. The van der Waals surface area contributed by atoms with Gasteiger partial charge in [-0.25, -0.2) is 0 Å². The van der Waals surface area contributed by atoms with Gasteiger partial charge in [-0.3, -0.25) is 0 Å². The van der Waals surface area contributed by atoms with Crippen molar-refractivity contribution < 1.29 is 0 Å². The average Bonchev–Trinajstić information content (AvgIpc) is 3.87. The van der Waals surface area contributed by atoms with Gasteiger partial charge in [-0.2, -0.15) is 0 Å². The molecule has 0 saturated heterocycles. The summed E-state index contributed by atoms with van der Waals surface area (Å²) >= 11 is 0. The van der Waals surface area contributed by atoms with Crippen LogP contribution in [0.15, 0.2) is 230 Å². The summed E-state index contributed by atoms with van der Waals surface area (Å²) in [6, 6.07) is 75.0. The third kappa shape index (κ3) is 6.10. The van der Waals surface area contributed by atoms with Crippen molar-refractivity contribution in [1.82, 2.24) is 0 Å². The maximum Gasteiger partial charge on any atom is 0.0543 e. The van der Waals surface area contributed by atoms with Gasteiger partial charge in [0.25, 0.3) is 0 Å². The molecule has 0 N–H and O–H groups in total. The molecule has 4 aliphatic carbocycles. The Balaban J connectivity index is 1.12. The van der Waals surface area contributed by atoms with Crippen LogP contribution in [0.3, 0.4) is 0 Å². The molecule has 13 rings (SSSR count). The van der Waals surface area contributed by atoms with Gasteiger partial charge in [0.1, 0.15) is 0 Å². The largest absolute Gasteiger partial charge is 0.310 e. The molecular formula is C66H50N2. The van der Waals surface area contributed by atoms with Crippen LogP contribution in [0.1, 0.15) is 50.9 Å². The molecule has 2 heteroatoms. The number of allylic oxidation sites excluding steroid dienone is 7. The molecule has 9 aromatic carbocycles. The first-order valence-corrected chi connectivity index (χ1v) is 24.0. The number of fused-ring (bicyclic) bond motifs is 4. The van der Waals surface area contributed by atoms with E-state index in [0.29, 0.717) is 0 Å². The van der Waals surface area contributed by atoms with E-state index in [0.717, 1.165) is 29.2 Å². The Kier molecular flexibility index (Phi) is 9.11. The van der Waals surface area contributed by atoms with Crippen LogP contribution in [0.5, 0.6) is 0 Å². The lowest BCUT2D eigenvalue weighted by Gasteiger charge is -2.43. The molecule has 4 aliphatic rings. The molecule has 0 amide bonds. The molecule has 1 unspecified atom stereocenters. The Morgan fingerprint density at radius 3 is 1.51 bits per heavy atom. The molecule has 1 atom stereocenters. The second-order valence-corrected chi connectivity index (χ2v) is 19.2. The number of benzene rings is 9. The summed E-state index contributed by atoms with van der Waals surface area (Å²) in [6.07, 6.45) is 8.35. The summed E-state index contributed by atoms with van der Waals surface area (Å²) in [5.41, 5.74) is 27.1. The number of aryl methyl sites for hydroxylation is 4. The van der Waals surface area contributed by atoms with Crippen LogP contribution < -0.4 is 9.80 Å². The standard InChI is InChI=1S/C66H50N2/c1-42-15-25-51(26-16-42)67(52-27-17-43(2)18-28-52)60-36-24-49-39-50(47-13-9-6-10-14-47)41-59-62(49)64(60)58-35-34-56-57-40-48(46-11-7-5-8-12-46)23-33-55(57)63-61(37-38-66(58,59)65(56)63)68(53-29-19-44(3)20-30-53)54-31-21-45(4)22-32-54/h5-37,39-41H,38H2,1-4H3. The average molecular weight is 871 g/mol. The van der Waals surface area contributed by atoms with Crippen molar-refractivity contribution in [2.75, 3.05) is 9.80 Å². The van der Waals surface area contributed by atoms with Gasteiger partial charge in [0.15, 0.2) is 0 Å². The lowest BCUT2D eigenvalue weighted by molar-refractivity contribution is 0.684. The lowest BCUT2D eigenvalue weighted by Crippen LogP contribution is -2.33. The Hall–Kier alpha value is -8.20. The first kappa shape index (κ1) is 40.1. The number of anilines is 5. The highest BCUT2D eigenvalue weighted by Gasteiger charge is 2.55. The predicted molar refractivity (Wildman–Crippen MR) is 287 cm³/mol. The van der Waals surface area contributed by atoms with Crippen LogP contribution in [-0.2, 0) is 5.41 Å². The molecule has 68 heavy (non-hydrogen) atoms. The molecule has 0 bridgehead atoms. The van der Waals surface area contributed by atoms with Crippen LogP contribution in [-0.4, -0.2) is 0 Å². The monoisotopic (exact) mass is 870 g/mol. The highest BCUT2D eigenvalue weighted by Crippen LogP contribution is 2.69. The Bertz CT molecular complexity index is 3540. The van der Waals surface area contributed by atoms with E-state index in [9.17, 15) is 0 Å². The van der Waals surface area contributed by atoms with Gasteiger partial charge in [0.05, 0.1) is 16.8 Å². The van der Waals surface area contributed by atoms with Crippen molar-refractivity contribution in [3.8, 4) is 22.3 Å². The van der Waals surface area contributed by atoms with Gasteiger partial charge in [0, 0.05) is 33.9 Å². The van der Waals surface area contributed by atoms with Crippen LogP contribution >= 0.6 is 0 Å². The van der Waals surface area contributed by atoms with Gasteiger partial charge in [-0.1, -0.05) is 168 Å². The predicted octanol–water partition coefficient (Wildman–Crippen LogP) is 17.5. The number of nitrogens with zero attached hydrogens (tertiary/aromatic N) is 2. The molecule has 1 spiro atoms. The zero-order valence-corrected chi connectivity index (χ0v) is 38.9. The summed E-state index contributed by atoms with van der Waals surface area (Å²) in [5.74, 6) is 0. The summed E-state index contributed by atoms with van der Waals surface area (Å²) in [5, 5.41) is 2.60. The van der Waals surface area contributed by atoms with Crippen molar-refractivity contribution in [2.45, 2.75) is 39.5 Å². The van der Waals surface area contributed by atoms with Crippen LogP contribution in [0, 0.1) is 27.7 Å². The Labute approximate surface area is 399 Å². The van der Waals surface area contributed by atoms with Crippen LogP contribution in [0.4, 0.5) is 28.4 Å². The van der Waals surface area contributed by atoms with E-state index in [-0.39, 0.29) is 0 Å². The number of hydrogen-bond acceptors (Lipinski definition) is 2. The third-order valence-electron chi connectivity index (χ3n) is 14.9. The number of hydrogen-bond donors (Lipinski definition) is 0. The van der Waals surface area contributed by atoms with Crippen molar-refractivity contribution in [2.24, 2.45) is 0 Å². The fourth-order valence-electron chi connectivity index (χ4n) is 11.7. The fraction of sp³-hybridized carbons (Fsp3) is 0.0909. The van der Waals surface area contributed by atoms with Crippen molar-refractivity contribution in [3.63, 3.8) is 0 Å². The highest BCUT2D eigenvalue weighted by atomic mass is 15.2. The minimum atomic E-state index is -0.477. The van der Waals surface area contributed by atoms with Crippen LogP contribution in [0.25, 0.3) is 49.7 Å². The maximum atomic E-state index is 2.58. The summed E-state index contributed by atoms with van der Waals surface area (Å²) in [4.78, 5) is 5.01. The van der Waals surface area contributed by atoms with Crippen molar-refractivity contribution in [1.29, 1.82) is 0 Å². The first-order valence-electron chi connectivity index (χ1n) is 24.0. The molecule has 0 fully saturated rings. The summed E-state index contributed by atoms with van der Waals surface area (Å²) < 4.78 is 0. The van der Waals surface area contributed by atoms with Gasteiger partial charge in [-0.15, -0.1) is 0 Å². The van der Waals surface area contributed by atoms with Crippen LogP contribution in [0.2, 0.25) is 0 Å². The van der Waals surface area contributed by atoms with Gasteiger partial charge >= 0.3 is 0 Å². The van der Waals surface area contributed by atoms with Gasteiger partial charge in [0.2, 0.25) is 0 Å². The zero-order chi connectivity index (χ0) is 45.7. The summed E-state index contributed by atoms with van der Waals surface area (Å²) in [6.45, 7) is 8.69. The van der Waals surface area contributed by atoms with Gasteiger partial charge < -0.3 is 9.80 Å². The van der Waals surface area contributed by atoms with Gasteiger partial charge in [-0.05, 0) is 173 Å². The molecular weight excluding hydrogens is 821 g/mol. The molecule has 324 valence electrons. The molecule has 0 aromatic heterocycles. The molecule has 0 heterocycles. The first-order chi connectivity index (χ1) is 33.3. The van der Waals surface area contributed by atoms with E-state index in [2.05, 4.69) is 256 Å². The van der Waals surface area contributed by atoms with Crippen molar-refractivity contribution in [3.05, 3.63) is 274 Å². The highest BCUT2D eigenvalue weighted by molar-refractivity contribution is 6.21. The van der Waals surface area contributed by atoms with Crippen molar-refractivity contribution >= 4 is 55.9 Å². The van der Waals surface area contributed by atoms with E-state index < -0.39 is 5.41 Å². The van der Waals surface area contributed by atoms with E-state index in [1.807, 2.05) is 0 Å². The number of rotatable bonds is 8. The van der Waals surface area contributed by atoms with E-state index >= 15 is 0 Å². The molecule has 2 nitrogen and oxygen atoms in total. The Morgan fingerprint density at radius 1 is 0.426 bits per heavy atom. The normalized spacial score (nSPS) is 16.1. The lowest BCUT2D eigenvalue weighted by atomic mass is 9.61.